The molecule has 0 saturated carbocycles. The quantitative estimate of drug-likeness (QED) is 0.884. The van der Waals surface area contributed by atoms with E-state index in [2.05, 4.69) is 62.5 Å². The molecule has 21 heavy (non-hydrogen) atoms. The molecule has 0 atom stereocenters. The Hall–Kier alpha value is -1.80. The molecule has 0 heterocycles. The molecule has 2 nitrogen and oxygen atoms in total. The van der Waals surface area contributed by atoms with Crippen molar-refractivity contribution in [2.45, 2.75) is 39.3 Å². The van der Waals surface area contributed by atoms with Crippen molar-refractivity contribution in [1.82, 2.24) is 5.32 Å². The van der Waals surface area contributed by atoms with Crippen LogP contribution in [0.1, 0.15) is 37.5 Å². The molecule has 2 rings (SSSR count). The minimum Gasteiger partial charge on any atom is -0.497 e. The molecular weight excluding hydrogens is 258 g/mol. The molecule has 2 aromatic rings. The molecule has 1 N–H and O–H groups in total. The van der Waals surface area contributed by atoms with Gasteiger partial charge in [-0.05, 0) is 34.2 Å². The summed E-state index contributed by atoms with van der Waals surface area (Å²) in [5.41, 5.74) is 4.14. The Morgan fingerprint density at radius 2 is 1.57 bits per heavy atom. The number of methoxy groups -OCH3 is 1. The van der Waals surface area contributed by atoms with Crippen LogP contribution in [0, 0.1) is 0 Å². The van der Waals surface area contributed by atoms with E-state index in [0.29, 0.717) is 0 Å². The number of hydrogen-bond donors (Lipinski definition) is 1. The topological polar surface area (TPSA) is 21.3 Å². The zero-order valence-electron chi connectivity index (χ0n) is 13.4. The Morgan fingerprint density at radius 3 is 2.19 bits per heavy atom. The number of rotatable bonds is 5. The molecule has 0 spiro atoms. The van der Waals surface area contributed by atoms with Gasteiger partial charge in [0, 0.05) is 13.1 Å². The monoisotopic (exact) mass is 283 g/mol. The highest BCUT2D eigenvalue weighted by Crippen LogP contribution is 2.22. The number of nitrogens with one attached hydrogen (secondary N) is 1. The Morgan fingerprint density at radius 1 is 0.905 bits per heavy atom. The van der Waals surface area contributed by atoms with E-state index in [-0.39, 0.29) is 5.41 Å². The molecule has 0 aromatic heterocycles. The molecular formula is C19H25NO. The van der Waals surface area contributed by atoms with E-state index in [0.717, 1.165) is 18.8 Å². The lowest BCUT2D eigenvalue weighted by molar-refractivity contribution is 0.414. The molecule has 0 unspecified atom stereocenters. The fraction of sp³-hybridized carbons (Fsp3) is 0.368. The molecule has 0 amide bonds. The predicted octanol–water partition coefficient (Wildman–Crippen LogP) is 4.28. The summed E-state index contributed by atoms with van der Waals surface area (Å²) >= 11 is 0. The third-order valence-electron chi connectivity index (χ3n) is 3.61. The standard InChI is InChI=1S/C19H25NO/c1-19(2,3)17-10-8-15(9-11-17)13-20-14-16-6-5-7-18(12-16)21-4/h5-12,20H,13-14H2,1-4H3. The van der Waals surface area contributed by atoms with Gasteiger partial charge in [-0.2, -0.15) is 0 Å². The molecule has 2 heteroatoms. The minimum absolute atomic E-state index is 0.215. The van der Waals surface area contributed by atoms with E-state index in [1.807, 2.05) is 12.1 Å². The Kier molecular flexibility index (Phi) is 5.03. The molecule has 0 bridgehead atoms. The van der Waals surface area contributed by atoms with Crippen LogP contribution in [-0.2, 0) is 18.5 Å². The van der Waals surface area contributed by atoms with Crippen molar-refractivity contribution in [2.75, 3.05) is 7.11 Å². The largest absolute Gasteiger partial charge is 0.497 e. The van der Waals surface area contributed by atoms with Crippen LogP contribution in [0.2, 0.25) is 0 Å². The maximum Gasteiger partial charge on any atom is 0.119 e. The molecule has 0 saturated heterocycles. The first-order valence-corrected chi connectivity index (χ1v) is 7.42. The van der Waals surface area contributed by atoms with Gasteiger partial charge < -0.3 is 10.1 Å². The second-order valence-electron chi connectivity index (χ2n) is 6.40. The number of benzene rings is 2. The van der Waals surface area contributed by atoms with Crippen LogP contribution in [-0.4, -0.2) is 7.11 Å². The highest BCUT2D eigenvalue weighted by atomic mass is 16.5. The molecule has 112 valence electrons. The van der Waals surface area contributed by atoms with Gasteiger partial charge in [0.15, 0.2) is 0 Å². The van der Waals surface area contributed by atoms with Crippen molar-refractivity contribution in [2.24, 2.45) is 0 Å². The highest BCUT2D eigenvalue weighted by molar-refractivity contribution is 5.29. The van der Waals surface area contributed by atoms with Gasteiger partial charge in [-0.15, -0.1) is 0 Å². The van der Waals surface area contributed by atoms with Crippen LogP contribution >= 0.6 is 0 Å². The third-order valence-corrected chi connectivity index (χ3v) is 3.61. The molecule has 2 aromatic carbocycles. The van der Waals surface area contributed by atoms with Gasteiger partial charge in [0.1, 0.15) is 5.75 Å². The fourth-order valence-corrected chi connectivity index (χ4v) is 2.26. The lowest BCUT2D eigenvalue weighted by atomic mass is 9.87. The van der Waals surface area contributed by atoms with Crippen LogP contribution in [0.15, 0.2) is 48.5 Å². The van der Waals surface area contributed by atoms with E-state index in [1.54, 1.807) is 7.11 Å². The second-order valence-corrected chi connectivity index (χ2v) is 6.40. The van der Waals surface area contributed by atoms with E-state index in [1.165, 1.54) is 16.7 Å². The lowest BCUT2D eigenvalue weighted by Crippen LogP contribution is -2.14. The Labute approximate surface area is 128 Å². The van der Waals surface area contributed by atoms with Gasteiger partial charge in [-0.1, -0.05) is 57.2 Å². The maximum absolute atomic E-state index is 5.24. The zero-order chi connectivity index (χ0) is 15.3. The molecule has 0 aliphatic heterocycles. The fourth-order valence-electron chi connectivity index (χ4n) is 2.26. The van der Waals surface area contributed by atoms with Crippen molar-refractivity contribution in [3.05, 3.63) is 65.2 Å². The van der Waals surface area contributed by atoms with Crippen LogP contribution in [0.5, 0.6) is 5.75 Å². The second kappa shape index (κ2) is 6.77. The summed E-state index contributed by atoms with van der Waals surface area (Å²) in [6, 6.07) is 17.0. The summed E-state index contributed by atoms with van der Waals surface area (Å²) in [4.78, 5) is 0. The summed E-state index contributed by atoms with van der Waals surface area (Å²) < 4.78 is 5.24. The summed E-state index contributed by atoms with van der Waals surface area (Å²) in [7, 11) is 1.70. The molecule has 0 radical (unpaired) electrons. The van der Waals surface area contributed by atoms with Crippen molar-refractivity contribution in [1.29, 1.82) is 0 Å². The molecule has 0 aliphatic carbocycles. The van der Waals surface area contributed by atoms with Crippen LogP contribution < -0.4 is 10.1 Å². The highest BCUT2D eigenvalue weighted by Gasteiger charge is 2.12. The zero-order valence-corrected chi connectivity index (χ0v) is 13.4. The van der Waals surface area contributed by atoms with Crippen molar-refractivity contribution >= 4 is 0 Å². The van der Waals surface area contributed by atoms with Crippen LogP contribution in [0.3, 0.4) is 0 Å². The first kappa shape index (κ1) is 15.6. The summed E-state index contributed by atoms with van der Waals surface area (Å²) in [5, 5.41) is 3.47. The normalized spacial score (nSPS) is 11.4. The van der Waals surface area contributed by atoms with Gasteiger partial charge >= 0.3 is 0 Å². The van der Waals surface area contributed by atoms with E-state index in [9.17, 15) is 0 Å². The third kappa shape index (κ3) is 4.61. The number of ether oxygens (including phenoxy) is 1. The number of hydrogen-bond acceptors (Lipinski definition) is 2. The average Bonchev–Trinajstić information content (AvgIpc) is 2.47. The van der Waals surface area contributed by atoms with Crippen molar-refractivity contribution < 1.29 is 4.74 Å². The van der Waals surface area contributed by atoms with Crippen LogP contribution in [0.25, 0.3) is 0 Å². The van der Waals surface area contributed by atoms with Gasteiger partial charge in [0.2, 0.25) is 0 Å². The van der Waals surface area contributed by atoms with Crippen molar-refractivity contribution in [3.8, 4) is 5.75 Å². The SMILES string of the molecule is COc1cccc(CNCc2ccc(C(C)(C)C)cc2)c1. The van der Waals surface area contributed by atoms with E-state index < -0.39 is 0 Å². The van der Waals surface area contributed by atoms with Gasteiger partial charge in [0.25, 0.3) is 0 Å². The van der Waals surface area contributed by atoms with Crippen LogP contribution in [0.4, 0.5) is 0 Å². The Balaban J connectivity index is 1.88. The predicted molar refractivity (Wildman–Crippen MR) is 88.7 cm³/mol. The minimum atomic E-state index is 0.215. The summed E-state index contributed by atoms with van der Waals surface area (Å²) in [5.74, 6) is 0.906. The van der Waals surface area contributed by atoms with E-state index >= 15 is 0 Å². The smallest absolute Gasteiger partial charge is 0.119 e. The van der Waals surface area contributed by atoms with Gasteiger partial charge in [0.05, 0.1) is 7.11 Å². The summed E-state index contributed by atoms with van der Waals surface area (Å²) in [6.45, 7) is 8.44. The van der Waals surface area contributed by atoms with Gasteiger partial charge in [-0.3, -0.25) is 0 Å². The van der Waals surface area contributed by atoms with Crippen molar-refractivity contribution in [3.63, 3.8) is 0 Å². The Bertz CT molecular complexity index is 567. The first-order chi connectivity index (χ1) is 9.99. The average molecular weight is 283 g/mol. The molecule has 0 aliphatic rings. The maximum atomic E-state index is 5.24. The van der Waals surface area contributed by atoms with Gasteiger partial charge in [-0.25, -0.2) is 0 Å². The summed E-state index contributed by atoms with van der Waals surface area (Å²) in [6.07, 6.45) is 0. The first-order valence-electron chi connectivity index (χ1n) is 7.42. The molecule has 0 fully saturated rings. The lowest BCUT2D eigenvalue weighted by Gasteiger charge is -2.19. The van der Waals surface area contributed by atoms with E-state index in [4.69, 9.17) is 4.74 Å².